The van der Waals surface area contributed by atoms with Crippen LogP contribution in [0.5, 0.6) is 0 Å². The molecule has 0 aliphatic heterocycles. The van der Waals surface area contributed by atoms with Crippen LogP contribution < -0.4 is 0 Å². The van der Waals surface area contributed by atoms with Crippen molar-refractivity contribution in [3.05, 3.63) is 57.6 Å². The van der Waals surface area contributed by atoms with Crippen LogP contribution >= 0.6 is 11.3 Å². The number of fused-ring (bicyclic) bond motifs is 1. The smallest absolute Gasteiger partial charge is 0.335 e. The van der Waals surface area contributed by atoms with Gasteiger partial charge in [-0.05, 0) is 36.1 Å². The van der Waals surface area contributed by atoms with Crippen LogP contribution in [-0.2, 0) is 6.42 Å². The maximum atomic E-state index is 11.0. The van der Waals surface area contributed by atoms with E-state index in [0.29, 0.717) is 5.56 Å². The molecule has 1 aromatic heterocycles. The lowest BCUT2D eigenvalue weighted by Crippen LogP contribution is -2.04. The van der Waals surface area contributed by atoms with Crippen molar-refractivity contribution in [3.63, 3.8) is 0 Å². The topological polar surface area (TPSA) is 50.2 Å². The summed E-state index contributed by atoms with van der Waals surface area (Å²) in [6.45, 7) is 0. The van der Waals surface area contributed by atoms with E-state index in [9.17, 15) is 4.79 Å². The molecule has 0 saturated carbocycles. The summed E-state index contributed by atoms with van der Waals surface area (Å²) in [5.41, 5.74) is 3.61. The van der Waals surface area contributed by atoms with Crippen molar-refractivity contribution < 1.29 is 9.90 Å². The zero-order valence-electron chi connectivity index (χ0n) is 9.59. The summed E-state index contributed by atoms with van der Waals surface area (Å²) in [6.07, 6.45) is 5.86. The molecule has 0 bridgehead atoms. The van der Waals surface area contributed by atoms with Gasteiger partial charge in [0, 0.05) is 17.2 Å². The van der Waals surface area contributed by atoms with Crippen LogP contribution in [-0.4, -0.2) is 16.1 Å². The highest BCUT2D eigenvalue weighted by molar-refractivity contribution is 7.10. The van der Waals surface area contributed by atoms with Crippen LogP contribution in [0.2, 0.25) is 0 Å². The highest BCUT2D eigenvalue weighted by Gasteiger charge is 2.17. The fourth-order valence-electron chi connectivity index (χ4n) is 2.22. The molecule has 0 fully saturated rings. The van der Waals surface area contributed by atoms with E-state index in [4.69, 9.17) is 5.11 Å². The zero-order valence-corrected chi connectivity index (χ0v) is 10.4. The van der Waals surface area contributed by atoms with Crippen LogP contribution in [0, 0.1) is 0 Å². The SMILES string of the molecule is O=C(O)c1ccc2c(c1)C(c1nccs1)=CCC2. The molecule has 90 valence electrons. The number of hydrogen-bond donors (Lipinski definition) is 1. The predicted molar refractivity (Wildman–Crippen MR) is 70.9 cm³/mol. The maximum absolute atomic E-state index is 11.0. The Balaban J connectivity index is 2.14. The van der Waals surface area contributed by atoms with Crippen molar-refractivity contribution >= 4 is 22.9 Å². The largest absolute Gasteiger partial charge is 0.478 e. The molecule has 1 aliphatic carbocycles. The van der Waals surface area contributed by atoms with Gasteiger partial charge >= 0.3 is 5.97 Å². The summed E-state index contributed by atoms with van der Waals surface area (Å²) in [4.78, 5) is 15.4. The van der Waals surface area contributed by atoms with Gasteiger partial charge in [0.15, 0.2) is 0 Å². The quantitative estimate of drug-likeness (QED) is 0.898. The molecule has 1 heterocycles. The summed E-state index contributed by atoms with van der Waals surface area (Å²) < 4.78 is 0. The Morgan fingerprint density at radius 1 is 1.39 bits per heavy atom. The number of carbonyl (C=O) groups is 1. The number of hydrogen-bond acceptors (Lipinski definition) is 3. The van der Waals surface area contributed by atoms with Crippen LogP contribution in [0.1, 0.15) is 32.9 Å². The van der Waals surface area contributed by atoms with E-state index in [1.807, 2.05) is 11.4 Å². The molecule has 18 heavy (non-hydrogen) atoms. The molecule has 0 spiro atoms. The standard InChI is InChI=1S/C14H11NO2S/c16-14(17)10-5-4-9-2-1-3-11(12(9)8-10)13-15-6-7-18-13/h3-8H,1-2H2,(H,16,17). The highest BCUT2D eigenvalue weighted by atomic mass is 32.1. The number of aromatic carboxylic acids is 1. The van der Waals surface area contributed by atoms with E-state index in [-0.39, 0.29) is 0 Å². The number of thiazole rings is 1. The second-order valence-electron chi connectivity index (χ2n) is 4.17. The first kappa shape index (κ1) is 11.2. The van der Waals surface area contributed by atoms with Crippen molar-refractivity contribution in [2.24, 2.45) is 0 Å². The first-order valence-electron chi connectivity index (χ1n) is 5.72. The van der Waals surface area contributed by atoms with Gasteiger partial charge in [0.25, 0.3) is 0 Å². The van der Waals surface area contributed by atoms with Gasteiger partial charge < -0.3 is 5.11 Å². The number of nitrogens with zero attached hydrogens (tertiary/aromatic N) is 1. The fraction of sp³-hybridized carbons (Fsp3) is 0.143. The number of aromatic nitrogens is 1. The van der Waals surface area contributed by atoms with Crippen LogP contribution in [0.25, 0.3) is 5.57 Å². The second kappa shape index (κ2) is 4.38. The molecule has 3 nitrogen and oxygen atoms in total. The Labute approximate surface area is 108 Å². The monoisotopic (exact) mass is 257 g/mol. The first-order valence-corrected chi connectivity index (χ1v) is 6.60. The normalized spacial score (nSPS) is 13.9. The van der Waals surface area contributed by atoms with Gasteiger partial charge in [-0.3, -0.25) is 0 Å². The van der Waals surface area contributed by atoms with Crippen molar-refractivity contribution in [3.8, 4) is 0 Å². The number of allylic oxidation sites excluding steroid dienone is 1. The number of rotatable bonds is 2. The van der Waals surface area contributed by atoms with E-state index in [1.165, 1.54) is 5.56 Å². The van der Waals surface area contributed by atoms with Gasteiger partial charge in [-0.25, -0.2) is 9.78 Å². The Bertz CT molecular complexity index is 629. The summed E-state index contributed by atoms with van der Waals surface area (Å²) in [6, 6.07) is 5.34. The molecule has 2 aromatic rings. The lowest BCUT2D eigenvalue weighted by atomic mass is 9.89. The fourth-order valence-corrected chi connectivity index (χ4v) is 2.91. The lowest BCUT2D eigenvalue weighted by molar-refractivity contribution is 0.0697. The van der Waals surface area contributed by atoms with Gasteiger partial charge in [0.1, 0.15) is 5.01 Å². The molecule has 0 radical (unpaired) electrons. The molecule has 0 unspecified atom stereocenters. The maximum Gasteiger partial charge on any atom is 0.335 e. The Morgan fingerprint density at radius 3 is 3.00 bits per heavy atom. The molecule has 1 aliphatic rings. The van der Waals surface area contributed by atoms with E-state index in [0.717, 1.165) is 29.0 Å². The number of carboxylic acids is 1. The summed E-state index contributed by atoms with van der Waals surface area (Å²) in [5, 5.41) is 12.0. The minimum absolute atomic E-state index is 0.332. The molecule has 0 amide bonds. The Hall–Kier alpha value is -1.94. The molecule has 0 saturated heterocycles. The minimum atomic E-state index is -0.887. The van der Waals surface area contributed by atoms with Crippen molar-refractivity contribution in [2.45, 2.75) is 12.8 Å². The van der Waals surface area contributed by atoms with Gasteiger partial charge in [-0.15, -0.1) is 11.3 Å². The van der Waals surface area contributed by atoms with Crippen LogP contribution in [0.3, 0.4) is 0 Å². The van der Waals surface area contributed by atoms with Crippen LogP contribution in [0.15, 0.2) is 35.9 Å². The zero-order chi connectivity index (χ0) is 12.5. The van der Waals surface area contributed by atoms with E-state index in [2.05, 4.69) is 11.1 Å². The molecule has 3 rings (SSSR count). The van der Waals surface area contributed by atoms with E-state index < -0.39 is 5.97 Å². The Morgan fingerprint density at radius 2 is 2.28 bits per heavy atom. The van der Waals surface area contributed by atoms with Gasteiger partial charge in [0.2, 0.25) is 0 Å². The third kappa shape index (κ3) is 1.84. The second-order valence-corrected chi connectivity index (χ2v) is 5.07. The molecule has 1 N–H and O–H groups in total. The average Bonchev–Trinajstić information content (AvgIpc) is 2.91. The van der Waals surface area contributed by atoms with E-state index >= 15 is 0 Å². The number of benzene rings is 1. The molecular formula is C14H11NO2S. The average molecular weight is 257 g/mol. The first-order chi connectivity index (χ1) is 8.75. The van der Waals surface area contributed by atoms with Crippen molar-refractivity contribution in [2.75, 3.05) is 0 Å². The van der Waals surface area contributed by atoms with Gasteiger partial charge in [-0.2, -0.15) is 0 Å². The van der Waals surface area contributed by atoms with Crippen molar-refractivity contribution in [1.29, 1.82) is 0 Å². The molecular weight excluding hydrogens is 246 g/mol. The number of carboxylic acid groups (broad SMARTS) is 1. The molecule has 0 atom stereocenters. The molecule has 1 aromatic carbocycles. The third-order valence-electron chi connectivity index (χ3n) is 3.07. The third-order valence-corrected chi connectivity index (χ3v) is 3.88. The molecule has 4 heteroatoms. The Kier molecular flexibility index (Phi) is 2.72. The van der Waals surface area contributed by atoms with Gasteiger partial charge in [-0.1, -0.05) is 12.1 Å². The summed E-state index contributed by atoms with van der Waals surface area (Å²) in [7, 11) is 0. The summed E-state index contributed by atoms with van der Waals surface area (Å²) >= 11 is 1.58. The highest BCUT2D eigenvalue weighted by Crippen LogP contribution is 2.33. The summed E-state index contributed by atoms with van der Waals surface area (Å²) in [5.74, 6) is -0.887. The van der Waals surface area contributed by atoms with Crippen molar-refractivity contribution in [1.82, 2.24) is 4.98 Å². The van der Waals surface area contributed by atoms with E-state index in [1.54, 1.807) is 29.7 Å². The van der Waals surface area contributed by atoms with Crippen LogP contribution in [0.4, 0.5) is 0 Å². The lowest BCUT2D eigenvalue weighted by Gasteiger charge is -2.16. The predicted octanol–water partition coefficient (Wildman–Crippen LogP) is 3.22. The minimum Gasteiger partial charge on any atom is -0.478 e. The number of aryl methyl sites for hydroxylation is 1. The van der Waals surface area contributed by atoms with Gasteiger partial charge in [0.05, 0.1) is 5.56 Å².